The van der Waals surface area contributed by atoms with Gasteiger partial charge in [0.25, 0.3) is 11.8 Å². The standard InChI is InChI=1S/C17H16N4O3/c1-24-13-6-4-5-12(11-13)17(23)18-10-9-16(22)21-15-8-3-2-7-14(15)19-20-21/h2-8,11H,9-10H2,1H3,(H,18,23). The summed E-state index contributed by atoms with van der Waals surface area (Å²) in [6, 6.07) is 14.0. The minimum Gasteiger partial charge on any atom is -0.497 e. The Balaban J connectivity index is 1.59. The summed E-state index contributed by atoms with van der Waals surface area (Å²) in [5, 5.41) is 10.5. The molecular weight excluding hydrogens is 308 g/mol. The molecule has 0 fully saturated rings. The van der Waals surface area contributed by atoms with E-state index in [1.54, 1.807) is 36.4 Å². The van der Waals surface area contributed by atoms with Crippen LogP contribution in [0.2, 0.25) is 0 Å². The topological polar surface area (TPSA) is 86.1 Å². The Kier molecular flexibility index (Phi) is 4.51. The Morgan fingerprint density at radius 1 is 1.17 bits per heavy atom. The van der Waals surface area contributed by atoms with Crippen molar-refractivity contribution in [3.8, 4) is 5.75 Å². The van der Waals surface area contributed by atoms with Gasteiger partial charge in [-0.25, -0.2) is 0 Å². The van der Waals surface area contributed by atoms with Crippen molar-refractivity contribution >= 4 is 22.8 Å². The van der Waals surface area contributed by atoms with E-state index >= 15 is 0 Å². The van der Waals surface area contributed by atoms with E-state index in [0.717, 1.165) is 0 Å². The number of carbonyl (C=O) groups is 2. The molecule has 3 rings (SSSR count). The largest absolute Gasteiger partial charge is 0.497 e. The minimum absolute atomic E-state index is 0.128. The van der Waals surface area contributed by atoms with Crippen LogP contribution in [0, 0.1) is 0 Å². The molecule has 7 nitrogen and oxygen atoms in total. The number of benzene rings is 2. The predicted octanol–water partition coefficient (Wildman–Crippen LogP) is 1.90. The predicted molar refractivity (Wildman–Crippen MR) is 88.1 cm³/mol. The molecule has 1 N–H and O–H groups in total. The summed E-state index contributed by atoms with van der Waals surface area (Å²) in [7, 11) is 1.54. The Bertz CT molecular complexity index is 888. The molecule has 0 atom stereocenters. The van der Waals surface area contributed by atoms with E-state index in [1.165, 1.54) is 11.8 Å². The molecule has 1 aromatic heterocycles. The molecule has 1 heterocycles. The zero-order valence-corrected chi connectivity index (χ0v) is 13.1. The quantitative estimate of drug-likeness (QED) is 0.774. The number of aromatic nitrogens is 3. The number of nitrogens with zero attached hydrogens (tertiary/aromatic N) is 3. The van der Waals surface area contributed by atoms with Gasteiger partial charge in [0.1, 0.15) is 11.3 Å². The number of rotatable bonds is 5. The van der Waals surface area contributed by atoms with E-state index in [-0.39, 0.29) is 24.8 Å². The highest BCUT2D eigenvalue weighted by Gasteiger charge is 2.12. The average molecular weight is 324 g/mol. The normalized spacial score (nSPS) is 10.5. The van der Waals surface area contributed by atoms with Crippen molar-refractivity contribution < 1.29 is 14.3 Å². The molecule has 1 amide bonds. The monoisotopic (exact) mass is 324 g/mol. The summed E-state index contributed by atoms with van der Waals surface area (Å²) >= 11 is 0. The maximum absolute atomic E-state index is 12.2. The van der Waals surface area contributed by atoms with E-state index in [1.807, 2.05) is 12.1 Å². The van der Waals surface area contributed by atoms with Crippen LogP contribution in [0.3, 0.4) is 0 Å². The first-order valence-electron chi connectivity index (χ1n) is 7.45. The maximum Gasteiger partial charge on any atom is 0.251 e. The Labute approximate surface area is 138 Å². The lowest BCUT2D eigenvalue weighted by Gasteiger charge is -2.06. The number of amides is 1. The highest BCUT2D eigenvalue weighted by Crippen LogP contribution is 2.12. The molecule has 122 valence electrons. The van der Waals surface area contributed by atoms with Crippen molar-refractivity contribution in [2.45, 2.75) is 6.42 Å². The summed E-state index contributed by atoms with van der Waals surface area (Å²) in [5.74, 6) is 0.118. The summed E-state index contributed by atoms with van der Waals surface area (Å²) in [6.45, 7) is 0.211. The molecule has 0 spiro atoms. The zero-order valence-electron chi connectivity index (χ0n) is 13.1. The van der Waals surface area contributed by atoms with Gasteiger partial charge in [0.2, 0.25) is 0 Å². The van der Waals surface area contributed by atoms with Crippen LogP contribution >= 0.6 is 0 Å². The molecule has 0 radical (unpaired) electrons. The third kappa shape index (κ3) is 3.24. The summed E-state index contributed by atoms with van der Waals surface area (Å²) in [4.78, 5) is 24.3. The van der Waals surface area contributed by atoms with E-state index in [9.17, 15) is 9.59 Å². The van der Waals surface area contributed by atoms with Gasteiger partial charge in [-0.3, -0.25) is 9.59 Å². The molecule has 0 bridgehead atoms. The van der Waals surface area contributed by atoms with Gasteiger partial charge < -0.3 is 10.1 Å². The number of hydrogen-bond acceptors (Lipinski definition) is 5. The lowest BCUT2D eigenvalue weighted by Crippen LogP contribution is -2.27. The number of fused-ring (bicyclic) bond motifs is 1. The van der Waals surface area contributed by atoms with E-state index < -0.39 is 0 Å². The van der Waals surface area contributed by atoms with E-state index in [4.69, 9.17) is 4.74 Å². The fourth-order valence-corrected chi connectivity index (χ4v) is 2.31. The molecular formula is C17H16N4O3. The summed E-state index contributed by atoms with van der Waals surface area (Å²) in [6.07, 6.45) is 0.128. The van der Waals surface area contributed by atoms with Crippen LogP contribution in [-0.4, -0.2) is 40.5 Å². The van der Waals surface area contributed by atoms with Crippen LogP contribution in [0.5, 0.6) is 5.75 Å². The van der Waals surface area contributed by atoms with Crippen LogP contribution in [0.15, 0.2) is 48.5 Å². The van der Waals surface area contributed by atoms with Crippen LogP contribution in [-0.2, 0) is 0 Å². The van der Waals surface area contributed by atoms with Crippen LogP contribution < -0.4 is 10.1 Å². The minimum atomic E-state index is -0.259. The fourth-order valence-electron chi connectivity index (χ4n) is 2.31. The van der Waals surface area contributed by atoms with Crippen LogP contribution in [0.4, 0.5) is 0 Å². The molecule has 0 aliphatic heterocycles. The molecule has 0 aliphatic rings. The molecule has 0 saturated heterocycles. The van der Waals surface area contributed by atoms with Gasteiger partial charge in [0.15, 0.2) is 0 Å². The van der Waals surface area contributed by atoms with Crippen molar-refractivity contribution in [1.29, 1.82) is 0 Å². The van der Waals surface area contributed by atoms with Gasteiger partial charge in [-0.15, -0.1) is 5.10 Å². The highest BCUT2D eigenvalue weighted by molar-refractivity contribution is 5.95. The first-order valence-corrected chi connectivity index (χ1v) is 7.45. The lowest BCUT2D eigenvalue weighted by molar-refractivity contribution is 0.0882. The molecule has 24 heavy (non-hydrogen) atoms. The SMILES string of the molecule is COc1cccc(C(=O)NCCC(=O)n2nnc3ccccc32)c1. The average Bonchev–Trinajstić information content (AvgIpc) is 3.05. The van der Waals surface area contributed by atoms with Crippen molar-refractivity contribution in [1.82, 2.24) is 20.3 Å². The van der Waals surface area contributed by atoms with Gasteiger partial charge in [0, 0.05) is 18.5 Å². The second kappa shape index (κ2) is 6.91. The number of carbonyl (C=O) groups excluding carboxylic acids is 2. The Morgan fingerprint density at radius 3 is 2.83 bits per heavy atom. The van der Waals surface area contributed by atoms with E-state index in [2.05, 4.69) is 15.6 Å². The van der Waals surface area contributed by atoms with Crippen molar-refractivity contribution in [3.05, 3.63) is 54.1 Å². The van der Waals surface area contributed by atoms with Gasteiger partial charge in [-0.2, -0.15) is 4.68 Å². The number of hydrogen-bond donors (Lipinski definition) is 1. The number of nitrogens with one attached hydrogen (secondary N) is 1. The molecule has 0 unspecified atom stereocenters. The van der Waals surface area contributed by atoms with Crippen molar-refractivity contribution in [2.75, 3.05) is 13.7 Å². The number of para-hydroxylation sites is 1. The first-order chi connectivity index (χ1) is 11.7. The van der Waals surface area contributed by atoms with Gasteiger partial charge in [0.05, 0.1) is 12.6 Å². The highest BCUT2D eigenvalue weighted by atomic mass is 16.5. The van der Waals surface area contributed by atoms with Gasteiger partial charge in [-0.05, 0) is 30.3 Å². The van der Waals surface area contributed by atoms with Gasteiger partial charge in [-0.1, -0.05) is 23.4 Å². The number of methoxy groups -OCH3 is 1. The Morgan fingerprint density at radius 2 is 2.00 bits per heavy atom. The third-order valence-corrected chi connectivity index (χ3v) is 3.54. The first kappa shape index (κ1) is 15.7. The second-order valence-electron chi connectivity index (χ2n) is 5.12. The van der Waals surface area contributed by atoms with Crippen molar-refractivity contribution in [3.63, 3.8) is 0 Å². The van der Waals surface area contributed by atoms with Crippen LogP contribution in [0.1, 0.15) is 21.6 Å². The third-order valence-electron chi connectivity index (χ3n) is 3.54. The molecule has 3 aromatic rings. The zero-order chi connectivity index (χ0) is 16.9. The lowest BCUT2D eigenvalue weighted by atomic mass is 10.2. The molecule has 0 saturated carbocycles. The van der Waals surface area contributed by atoms with E-state index in [0.29, 0.717) is 22.3 Å². The van der Waals surface area contributed by atoms with Gasteiger partial charge >= 0.3 is 0 Å². The molecule has 0 aliphatic carbocycles. The van der Waals surface area contributed by atoms with Crippen LogP contribution in [0.25, 0.3) is 11.0 Å². The maximum atomic E-state index is 12.2. The second-order valence-corrected chi connectivity index (χ2v) is 5.12. The smallest absolute Gasteiger partial charge is 0.251 e. The summed E-state index contributed by atoms with van der Waals surface area (Å²) in [5.41, 5.74) is 1.79. The summed E-state index contributed by atoms with van der Waals surface area (Å²) < 4.78 is 6.34. The molecule has 2 aromatic carbocycles. The number of ether oxygens (including phenoxy) is 1. The fraction of sp³-hybridized carbons (Fsp3) is 0.176. The van der Waals surface area contributed by atoms with Crippen molar-refractivity contribution in [2.24, 2.45) is 0 Å². The molecule has 7 heteroatoms. The Hall–Kier alpha value is -3.22.